The minimum Gasteiger partial charge on any atom is -0.355 e. The molecule has 3 aliphatic rings. The standard InChI is InChI=1S/C14H24N2O/c1-14(6-7-15-9-14)13(17)16-8-12(10-2-3-10)11-4-5-11/h10-12,15H,2-9H2,1H3,(H,16,17). The maximum Gasteiger partial charge on any atom is 0.227 e. The first-order valence-corrected chi connectivity index (χ1v) is 7.18. The van der Waals surface area contributed by atoms with Gasteiger partial charge in [0.2, 0.25) is 5.91 Å². The molecule has 0 bridgehead atoms. The van der Waals surface area contributed by atoms with E-state index in [-0.39, 0.29) is 11.3 Å². The molecule has 3 heteroatoms. The molecule has 1 aliphatic heterocycles. The average Bonchev–Trinajstić information content (AvgIpc) is 3.21. The number of amides is 1. The van der Waals surface area contributed by atoms with Gasteiger partial charge < -0.3 is 10.6 Å². The molecule has 1 atom stereocenters. The summed E-state index contributed by atoms with van der Waals surface area (Å²) in [7, 11) is 0. The molecule has 3 nitrogen and oxygen atoms in total. The maximum absolute atomic E-state index is 12.2. The molecule has 1 amide bonds. The Morgan fingerprint density at radius 1 is 1.35 bits per heavy atom. The summed E-state index contributed by atoms with van der Waals surface area (Å²) in [5, 5.41) is 6.52. The Labute approximate surface area is 104 Å². The normalized spacial score (nSPS) is 33.1. The molecule has 17 heavy (non-hydrogen) atoms. The Hall–Kier alpha value is -0.570. The van der Waals surface area contributed by atoms with Crippen molar-refractivity contribution in [3.05, 3.63) is 0 Å². The van der Waals surface area contributed by atoms with Crippen LogP contribution in [-0.4, -0.2) is 25.5 Å². The van der Waals surface area contributed by atoms with Gasteiger partial charge in [-0.25, -0.2) is 0 Å². The van der Waals surface area contributed by atoms with Gasteiger partial charge in [0, 0.05) is 13.1 Å². The van der Waals surface area contributed by atoms with Gasteiger partial charge in [-0.2, -0.15) is 0 Å². The van der Waals surface area contributed by atoms with Gasteiger partial charge in [-0.05, 0) is 63.3 Å². The van der Waals surface area contributed by atoms with Crippen LogP contribution >= 0.6 is 0 Å². The van der Waals surface area contributed by atoms with Crippen molar-refractivity contribution in [2.75, 3.05) is 19.6 Å². The Bertz CT molecular complexity index is 289. The van der Waals surface area contributed by atoms with E-state index in [0.717, 1.165) is 43.8 Å². The van der Waals surface area contributed by atoms with E-state index in [1.807, 2.05) is 0 Å². The molecule has 96 valence electrons. The Kier molecular flexibility index (Phi) is 2.89. The van der Waals surface area contributed by atoms with Crippen LogP contribution in [0.2, 0.25) is 0 Å². The van der Waals surface area contributed by atoms with Gasteiger partial charge in [0.05, 0.1) is 5.41 Å². The second kappa shape index (κ2) is 4.27. The van der Waals surface area contributed by atoms with Crippen LogP contribution in [0.1, 0.15) is 39.0 Å². The lowest BCUT2D eigenvalue weighted by Crippen LogP contribution is -2.42. The van der Waals surface area contributed by atoms with Gasteiger partial charge in [0.15, 0.2) is 0 Å². The van der Waals surface area contributed by atoms with Crippen molar-refractivity contribution in [2.45, 2.75) is 39.0 Å². The fraction of sp³-hybridized carbons (Fsp3) is 0.929. The minimum atomic E-state index is -0.155. The summed E-state index contributed by atoms with van der Waals surface area (Å²) >= 11 is 0. The van der Waals surface area contributed by atoms with E-state index in [9.17, 15) is 4.79 Å². The highest BCUT2D eigenvalue weighted by Gasteiger charge is 2.42. The van der Waals surface area contributed by atoms with Crippen molar-refractivity contribution < 1.29 is 4.79 Å². The Balaban J connectivity index is 1.50. The lowest BCUT2D eigenvalue weighted by atomic mass is 9.88. The van der Waals surface area contributed by atoms with Gasteiger partial charge in [-0.15, -0.1) is 0 Å². The van der Waals surface area contributed by atoms with E-state index in [1.54, 1.807) is 0 Å². The summed E-state index contributed by atoms with van der Waals surface area (Å²) in [5.41, 5.74) is -0.155. The van der Waals surface area contributed by atoms with Gasteiger partial charge >= 0.3 is 0 Å². The largest absolute Gasteiger partial charge is 0.355 e. The van der Waals surface area contributed by atoms with E-state index < -0.39 is 0 Å². The topological polar surface area (TPSA) is 41.1 Å². The minimum absolute atomic E-state index is 0.155. The van der Waals surface area contributed by atoms with E-state index in [1.165, 1.54) is 25.7 Å². The molecule has 2 saturated carbocycles. The van der Waals surface area contributed by atoms with Crippen molar-refractivity contribution in [2.24, 2.45) is 23.2 Å². The molecule has 1 saturated heterocycles. The van der Waals surface area contributed by atoms with Crippen LogP contribution in [-0.2, 0) is 4.79 Å². The molecule has 2 N–H and O–H groups in total. The number of hydrogen-bond acceptors (Lipinski definition) is 2. The molecule has 1 heterocycles. The van der Waals surface area contributed by atoms with Crippen LogP contribution in [0.25, 0.3) is 0 Å². The van der Waals surface area contributed by atoms with Crippen molar-refractivity contribution >= 4 is 5.91 Å². The van der Waals surface area contributed by atoms with E-state index in [4.69, 9.17) is 0 Å². The van der Waals surface area contributed by atoms with E-state index in [2.05, 4.69) is 17.6 Å². The highest BCUT2D eigenvalue weighted by molar-refractivity contribution is 5.82. The van der Waals surface area contributed by atoms with Crippen LogP contribution in [0.5, 0.6) is 0 Å². The molecule has 0 aromatic rings. The summed E-state index contributed by atoms with van der Waals surface area (Å²) in [6.07, 6.45) is 6.58. The molecule has 1 unspecified atom stereocenters. The highest BCUT2D eigenvalue weighted by atomic mass is 16.2. The Morgan fingerprint density at radius 2 is 2.00 bits per heavy atom. The molecule has 0 aromatic heterocycles. The van der Waals surface area contributed by atoms with Gasteiger partial charge in [0.1, 0.15) is 0 Å². The third-order valence-electron chi connectivity index (χ3n) is 4.87. The number of carbonyl (C=O) groups excluding carboxylic acids is 1. The zero-order valence-corrected chi connectivity index (χ0v) is 10.8. The molecular weight excluding hydrogens is 212 g/mol. The molecule has 3 rings (SSSR count). The van der Waals surface area contributed by atoms with Gasteiger partial charge in [-0.3, -0.25) is 4.79 Å². The number of hydrogen-bond donors (Lipinski definition) is 2. The smallest absolute Gasteiger partial charge is 0.227 e. The average molecular weight is 236 g/mol. The van der Waals surface area contributed by atoms with Gasteiger partial charge in [-0.1, -0.05) is 0 Å². The first kappa shape index (κ1) is 11.5. The summed E-state index contributed by atoms with van der Waals surface area (Å²) in [5.74, 6) is 2.92. The van der Waals surface area contributed by atoms with E-state index in [0.29, 0.717) is 0 Å². The van der Waals surface area contributed by atoms with E-state index >= 15 is 0 Å². The Morgan fingerprint density at radius 3 is 2.47 bits per heavy atom. The molecule has 3 fully saturated rings. The van der Waals surface area contributed by atoms with Crippen molar-refractivity contribution in [1.29, 1.82) is 0 Å². The first-order valence-electron chi connectivity index (χ1n) is 7.18. The third kappa shape index (κ3) is 2.49. The second-order valence-electron chi connectivity index (χ2n) is 6.54. The number of carbonyl (C=O) groups is 1. The molecule has 2 aliphatic carbocycles. The maximum atomic E-state index is 12.2. The van der Waals surface area contributed by atoms with Crippen LogP contribution < -0.4 is 10.6 Å². The SMILES string of the molecule is CC1(C(=O)NCC(C2CC2)C2CC2)CCNC1. The zero-order chi connectivity index (χ0) is 11.9. The fourth-order valence-electron chi connectivity index (χ4n) is 3.20. The van der Waals surface area contributed by atoms with Crippen molar-refractivity contribution in [3.8, 4) is 0 Å². The van der Waals surface area contributed by atoms with Crippen LogP contribution in [0, 0.1) is 23.2 Å². The number of nitrogens with one attached hydrogen (secondary N) is 2. The van der Waals surface area contributed by atoms with Crippen molar-refractivity contribution in [1.82, 2.24) is 10.6 Å². The first-order chi connectivity index (χ1) is 8.19. The predicted molar refractivity (Wildman–Crippen MR) is 67.5 cm³/mol. The zero-order valence-electron chi connectivity index (χ0n) is 10.8. The van der Waals surface area contributed by atoms with Crippen molar-refractivity contribution in [3.63, 3.8) is 0 Å². The molecule has 0 spiro atoms. The molecule has 0 aromatic carbocycles. The lowest BCUT2D eigenvalue weighted by Gasteiger charge is -2.24. The van der Waals surface area contributed by atoms with Crippen LogP contribution in [0.15, 0.2) is 0 Å². The number of rotatable bonds is 5. The highest BCUT2D eigenvalue weighted by Crippen LogP contribution is 2.48. The fourth-order valence-corrected chi connectivity index (χ4v) is 3.20. The third-order valence-corrected chi connectivity index (χ3v) is 4.87. The van der Waals surface area contributed by atoms with Crippen LogP contribution in [0.3, 0.4) is 0 Å². The summed E-state index contributed by atoms with van der Waals surface area (Å²) in [4.78, 5) is 12.2. The summed E-state index contributed by atoms with van der Waals surface area (Å²) in [6.45, 7) is 4.85. The summed E-state index contributed by atoms with van der Waals surface area (Å²) < 4.78 is 0. The molecule has 0 radical (unpaired) electrons. The van der Waals surface area contributed by atoms with Gasteiger partial charge in [0.25, 0.3) is 0 Å². The second-order valence-corrected chi connectivity index (χ2v) is 6.54. The van der Waals surface area contributed by atoms with Crippen LogP contribution in [0.4, 0.5) is 0 Å². The lowest BCUT2D eigenvalue weighted by molar-refractivity contribution is -0.129. The molecular formula is C14H24N2O. The summed E-state index contributed by atoms with van der Waals surface area (Å²) in [6, 6.07) is 0. The monoisotopic (exact) mass is 236 g/mol. The predicted octanol–water partition coefficient (Wildman–Crippen LogP) is 1.54. The quantitative estimate of drug-likeness (QED) is 0.760.